The summed E-state index contributed by atoms with van der Waals surface area (Å²) in [5.74, 6) is 1.02. The molecule has 0 aromatic heterocycles. The van der Waals surface area contributed by atoms with Gasteiger partial charge in [0.2, 0.25) is 0 Å². The first-order valence-electron chi connectivity index (χ1n) is 5.46. The summed E-state index contributed by atoms with van der Waals surface area (Å²) in [6.07, 6.45) is 11.0. The molecule has 0 heterocycles. The van der Waals surface area contributed by atoms with Gasteiger partial charge in [0.1, 0.15) is 5.78 Å². The second kappa shape index (κ2) is 3.28. The minimum Gasteiger partial charge on any atom is -0.299 e. The van der Waals surface area contributed by atoms with Crippen molar-refractivity contribution in [3.63, 3.8) is 0 Å². The molecule has 2 atom stereocenters. The van der Waals surface area contributed by atoms with E-state index in [2.05, 4.69) is 19.1 Å². The van der Waals surface area contributed by atoms with Gasteiger partial charge >= 0.3 is 0 Å². The Kier molecular flexibility index (Phi) is 2.27. The van der Waals surface area contributed by atoms with Gasteiger partial charge in [0.25, 0.3) is 0 Å². The van der Waals surface area contributed by atoms with Crippen LogP contribution in [0.15, 0.2) is 12.2 Å². The molecule has 0 saturated heterocycles. The van der Waals surface area contributed by atoms with E-state index < -0.39 is 0 Å². The van der Waals surface area contributed by atoms with Gasteiger partial charge in [0.05, 0.1) is 0 Å². The standard InChI is InChI=1S/C12H18O/c1-10-6-2-4-8-12(10)9-5-3-7-11(12)13/h2,6,10H,3-5,7-9H2,1H3. The minimum atomic E-state index is 0.0486. The Labute approximate surface area is 80.2 Å². The van der Waals surface area contributed by atoms with Crippen LogP contribution in [0.5, 0.6) is 0 Å². The molecular weight excluding hydrogens is 160 g/mol. The zero-order valence-corrected chi connectivity index (χ0v) is 8.38. The van der Waals surface area contributed by atoms with Crippen molar-refractivity contribution in [3.05, 3.63) is 12.2 Å². The molecule has 0 aromatic carbocycles. The lowest BCUT2D eigenvalue weighted by Crippen LogP contribution is -2.40. The fraction of sp³-hybridized carbons (Fsp3) is 0.750. The normalized spacial score (nSPS) is 39.8. The zero-order chi connectivity index (χ0) is 9.31. The van der Waals surface area contributed by atoms with E-state index in [1.54, 1.807) is 0 Å². The summed E-state index contributed by atoms with van der Waals surface area (Å²) in [6.45, 7) is 2.21. The van der Waals surface area contributed by atoms with Crippen LogP contribution in [-0.2, 0) is 4.79 Å². The van der Waals surface area contributed by atoms with E-state index >= 15 is 0 Å². The van der Waals surface area contributed by atoms with Gasteiger partial charge in [-0.2, -0.15) is 0 Å². The van der Waals surface area contributed by atoms with Crippen LogP contribution in [0.1, 0.15) is 45.4 Å². The number of carbonyl (C=O) groups excluding carboxylic acids is 1. The van der Waals surface area contributed by atoms with Gasteiger partial charge in [-0.1, -0.05) is 25.5 Å². The van der Waals surface area contributed by atoms with Crippen LogP contribution < -0.4 is 0 Å². The highest BCUT2D eigenvalue weighted by Gasteiger charge is 2.43. The number of hydrogen-bond acceptors (Lipinski definition) is 1. The van der Waals surface area contributed by atoms with Gasteiger partial charge in [-0.3, -0.25) is 4.79 Å². The highest BCUT2D eigenvalue weighted by Crippen LogP contribution is 2.46. The quantitative estimate of drug-likeness (QED) is 0.521. The Morgan fingerprint density at radius 2 is 2.23 bits per heavy atom. The average Bonchev–Trinajstić information content (AvgIpc) is 2.15. The molecule has 2 aliphatic carbocycles. The molecule has 1 nitrogen and oxygen atoms in total. The van der Waals surface area contributed by atoms with Crippen molar-refractivity contribution < 1.29 is 4.79 Å². The Hall–Kier alpha value is -0.590. The zero-order valence-electron chi connectivity index (χ0n) is 8.38. The van der Waals surface area contributed by atoms with Crippen molar-refractivity contribution in [2.45, 2.75) is 45.4 Å². The first kappa shape index (κ1) is 8.98. The largest absolute Gasteiger partial charge is 0.299 e. The third kappa shape index (κ3) is 1.34. The minimum absolute atomic E-state index is 0.0486. The van der Waals surface area contributed by atoms with Crippen molar-refractivity contribution in [1.29, 1.82) is 0 Å². The molecule has 1 fully saturated rings. The molecule has 2 rings (SSSR count). The monoisotopic (exact) mass is 178 g/mol. The molecule has 13 heavy (non-hydrogen) atoms. The SMILES string of the molecule is CC1C=CCCC12CCCCC2=O. The summed E-state index contributed by atoms with van der Waals surface area (Å²) in [7, 11) is 0. The van der Waals surface area contributed by atoms with E-state index in [-0.39, 0.29) is 5.41 Å². The number of hydrogen-bond donors (Lipinski definition) is 0. The number of carbonyl (C=O) groups is 1. The molecule has 2 aliphatic rings. The van der Waals surface area contributed by atoms with E-state index in [1.807, 2.05) is 0 Å². The van der Waals surface area contributed by atoms with E-state index in [9.17, 15) is 4.79 Å². The maximum Gasteiger partial charge on any atom is 0.139 e. The Morgan fingerprint density at radius 3 is 2.92 bits per heavy atom. The lowest BCUT2D eigenvalue weighted by atomic mass is 9.61. The van der Waals surface area contributed by atoms with Gasteiger partial charge in [0, 0.05) is 11.8 Å². The lowest BCUT2D eigenvalue weighted by molar-refractivity contribution is -0.134. The molecule has 2 unspecified atom stereocenters. The van der Waals surface area contributed by atoms with Crippen molar-refractivity contribution in [1.82, 2.24) is 0 Å². The summed E-state index contributed by atoms with van der Waals surface area (Å²) >= 11 is 0. The Morgan fingerprint density at radius 1 is 1.38 bits per heavy atom. The van der Waals surface area contributed by atoms with Gasteiger partial charge < -0.3 is 0 Å². The van der Waals surface area contributed by atoms with Crippen LogP contribution in [0.4, 0.5) is 0 Å². The Balaban J connectivity index is 2.25. The highest BCUT2D eigenvalue weighted by molar-refractivity contribution is 5.86. The first-order valence-corrected chi connectivity index (χ1v) is 5.46. The molecule has 0 N–H and O–H groups in total. The topological polar surface area (TPSA) is 17.1 Å². The summed E-state index contributed by atoms with van der Waals surface area (Å²) in [6, 6.07) is 0. The third-order valence-corrected chi connectivity index (χ3v) is 3.89. The fourth-order valence-electron chi connectivity index (χ4n) is 2.91. The van der Waals surface area contributed by atoms with Gasteiger partial charge in [-0.05, 0) is 31.6 Å². The number of allylic oxidation sites excluding steroid dienone is 2. The van der Waals surface area contributed by atoms with Crippen LogP contribution in [0.3, 0.4) is 0 Å². The summed E-state index contributed by atoms with van der Waals surface area (Å²) in [5.41, 5.74) is 0.0486. The van der Waals surface area contributed by atoms with Crippen molar-refractivity contribution in [3.8, 4) is 0 Å². The van der Waals surface area contributed by atoms with E-state index in [1.165, 1.54) is 6.42 Å². The molecule has 1 spiro atoms. The van der Waals surface area contributed by atoms with Gasteiger partial charge in [-0.25, -0.2) is 0 Å². The van der Waals surface area contributed by atoms with E-state index in [0.717, 1.165) is 32.1 Å². The lowest BCUT2D eigenvalue weighted by Gasteiger charge is -2.41. The summed E-state index contributed by atoms with van der Waals surface area (Å²) in [4.78, 5) is 11.9. The molecule has 0 radical (unpaired) electrons. The van der Waals surface area contributed by atoms with Crippen molar-refractivity contribution in [2.24, 2.45) is 11.3 Å². The molecule has 1 heteroatoms. The smallest absolute Gasteiger partial charge is 0.139 e. The summed E-state index contributed by atoms with van der Waals surface area (Å²) in [5, 5.41) is 0. The molecule has 0 bridgehead atoms. The van der Waals surface area contributed by atoms with Crippen LogP contribution in [0.2, 0.25) is 0 Å². The molecule has 0 amide bonds. The van der Waals surface area contributed by atoms with Crippen LogP contribution in [0, 0.1) is 11.3 Å². The molecule has 0 aliphatic heterocycles. The van der Waals surface area contributed by atoms with Crippen LogP contribution >= 0.6 is 0 Å². The second-order valence-corrected chi connectivity index (χ2v) is 4.54. The highest BCUT2D eigenvalue weighted by atomic mass is 16.1. The van der Waals surface area contributed by atoms with Gasteiger partial charge in [-0.15, -0.1) is 0 Å². The molecular formula is C12H18O. The van der Waals surface area contributed by atoms with E-state index in [4.69, 9.17) is 0 Å². The third-order valence-electron chi connectivity index (χ3n) is 3.89. The number of rotatable bonds is 0. The van der Waals surface area contributed by atoms with Crippen molar-refractivity contribution in [2.75, 3.05) is 0 Å². The molecule has 1 saturated carbocycles. The first-order chi connectivity index (χ1) is 6.26. The maximum atomic E-state index is 11.9. The van der Waals surface area contributed by atoms with Crippen LogP contribution in [-0.4, -0.2) is 5.78 Å². The molecule has 0 aromatic rings. The predicted molar refractivity (Wildman–Crippen MR) is 53.4 cm³/mol. The predicted octanol–water partition coefficient (Wildman–Crippen LogP) is 3.10. The average molecular weight is 178 g/mol. The number of Topliss-reactive ketones (excluding diaryl/α,β-unsaturated/α-hetero) is 1. The Bertz CT molecular complexity index is 242. The summed E-state index contributed by atoms with van der Waals surface area (Å²) < 4.78 is 0. The van der Waals surface area contributed by atoms with E-state index in [0.29, 0.717) is 11.7 Å². The second-order valence-electron chi connectivity index (χ2n) is 4.54. The van der Waals surface area contributed by atoms with Crippen LogP contribution in [0.25, 0.3) is 0 Å². The maximum absolute atomic E-state index is 11.9. The number of ketones is 1. The van der Waals surface area contributed by atoms with Crippen molar-refractivity contribution >= 4 is 5.78 Å². The molecule has 72 valence electrons. The van der Waals surface area contributed by atoms with Gasteiger partial charge in [0.15, 0.2) is 0 Å². The fourth-order valence-corrected chi connectivity index (χ4v) is 2.91.